The highest BCUT2D eigenvalue weighted by atomic mass is 79.9. The number of pyridine rings is 1. The van der Waals surface area contributed by atoms with E-state index in [1.807, 2.05) is 0 Å². The maximum Gasteiger partial charge on any atom is 0.358 e. The van der Waals surface area contributed by atoms with Crippen molar-refractivity contribution in [2.45, 2.75) is 6.92 Å². The second-order valence-electron chi connectivity index (χ2n) is 3.17. The molecule has 3 nitrogen and oxygen atoms in total. The molecule has 0 fully saturated rings. The molecule has 2 rings (SSSR count). The van der Waals surface area contributed by atoms with Gasteiger partial charge in [-0.15, -0.1) is 0 Å². The lowest BCUT2D eigenvalue weighted by molar-refractivity contribution is 0.0513. The molecule has 0 aliphatic carbocycles. The van der Waals surface area contributed by atoms with Gasteiger partial charge in [0.2, 0.25) is 0 Å². The van der Waals surface area contributed by atoms with Crippen LogP contribution in [0, 0.1) is 5.82 Å². The smallest absolute Gasteiger partial charge is 0.358 e. The van der Waals surface area contributed by atoms with Crippen molar-refractivity contribution in [1.82, 2.24) is 4.40 Å². The summed E-state index contributed by atoms with van der Waals surface area (Å²) in [6.07, 6.45) is 1.62. The van der Waals surface area contributed by atoms with E-state index in [2.05, 4.69) is 15.9 Å². The van der Waals surface area contributed by atoms with Crippen LogP contribution in [0.25, 0.3) is 5.52 Å². The molecule has 0 saturated carbocycles. The van der Waals surface area contributed by atoms with Crippen LogP contribution in [0.2, 0.25) is 0 Å². The summed E-state index contributed by atoms with van der Waals surface area (Å²) < 4.78 is 20.6. The number of nitrogens with zero attached hydrogens (tertiary/aromatic N) is 1. The number of hydrogen-bond donors (Lipinski definition) is 0. The zero-order chi connectivity index (χ0) is 11.7. The lowest BCUT2D eigenvalue weighted by Crippen LogP contribution is -2.09. The van der Waals surface area contributed by atoms with Crippen molar-refractivity contribution in [3.63, 3.8) is 0 Å². The van der Waals surface area contributed by atoms with E-state index >= 15 is 0 Å². The number of halogens is 2. The molecule has 16 heavy (non-hydrogen) atoms. The highest BCUT2D eigenvalue weighted by Crippen LogP contribution is 2.23. The van der Waals surface area contributed by atoms with Gasteiger partial charge in [-0.2, -0.15) is 0 Å². The van der Waals surface area contributed by atoms with Crippen molar-refractivity contribution in [1.29, 1.82) is 0 Å². The Hall–Kier alpha value is -1.36. The maximum absolute atomic E-state index is 13.6. The van der Waals surface area contributed by atoms with Crippen molar-refractivity contribution >= 4 is 27.4 Å². The largest absolute Gasteiger partial charge is 0.461 e. The molecule has 0 aliphatic rings. The first-order valence-electron chi connectivity index (χ1n) is 4.77. The first-order chi connectivity index (χ1) is 7.65. The topological polar surface area (TPSA) is 30.7 Å². The highest BCUT2D eigenvalue weighted by Gasteiger charge is 2.19. The molecule has 0 aromatic carbocycles. The van der Waals surface area contributed by atoms with Gasteiger partial charge in [0.25, 0.3) is 0 Å². The van der Waals surface area contributed by atoms with Crippen LogP contribution in [-0.2, 0) is 4.74 Å². The summed E-state index contributed by atoms with van der Waals surface area (Å²) in [7, 11) is 0. The summed E-state index contributed by atoms with van der Waals surface area (Å²) in [4.78, 5) is 11.6. The molecule has 2 heterocycles. The third-order valence-corrected chi connectivity index (χ3v) is 2.85. The number of ether oxygens (including phenoxy) is 1. The Morgan fingerprint density at radius 1 is 1.62 bits per heavy atom. The van der Waals surface area contributed by atoms with E-state index in [1.54, 1.807) is 25.3 Å². The van der Waals surface area contributed by atoms with E-state index in [0.29, 0.717) is 5.52 Å². The molecular formula is C11H9BrFNO2. The van der Waals surface area contributed by atoms with Crippen LogP contribution < -0.4 is 0 Å². The third kappa shape index (κ3) is 1.71. The van der Waals surface area contributed by atoms with Gasteiger partial charge in [0.1, 0.15) is 0 Å². The van der Waals surface area contributed by atoms with Crippen LogP contribution in [0.3, 0.4) is 0 Å². The van der Waals surface area contributed by atoms with Crippen LogP contribution in [0.15, 0.2) is 28.9 Å². The first kappa shape index (κ1) is 11.1. The molecule has 0 aliphatic heterocycles. The van der Waals surface area contributed by atoms with Gasteiger partial charge in [-0.05, 0) is 35.0 Å². The molecule has 0 amide bonds. The minimum Gasteiger partial charge on any atom is -0.461 e. The lowest BCUT2D eigenvalue weighted by Gasteiger charge is -2.03. The number of aromatic nitrogens is 1. The van der Waals surface area contributed by atoms with Crippen LogP contribution in [0.1, 0.15) is 17.4 Å². The zero-order valence-corrected chi connectivity index (χ0v) is 10.1. The molecule has 0 atom stereocenters. The summed E-state index contributed by atoms with van der Waals surface area (Å²) in [5.41, 5.74) is 0.529. The summed E-state index contributed by atoms with van der Waals surface area (Å²) in [6, 6.07) is 4.80. The van der Waals surface area contributed by atoms with Gasteiger partial charge in [-0.1, -0.05) is 0 Å². The molecule has 0 unspecified atom stereocenters. The van der Waals surface area contributed by atoms with Gasteiger partial charge in [-0.25, -0.2) is 9.18 Å². The molecule has 2 aromatic rings. The van der Waals surface area contributed by atoms with E-state index in [4.69, 9.17) is 4.74 Å². The second kappa shape index (κ2) is 4.25. The number of fused-ring (bicyclic) bond motifs is 1. The van der Waals surface area contributed by atoms with Gasteiger partial charge >= 0.3 is 5.97 Å². The van der Waals surface area contributed by atoms with Crippen molar-refractivity contribution in [3.8, 4) is 0 Å². The Morgan fingerprint density at radius 3 is 3.06 bits per heavy atom. The van der Waals surface area contributed by atoms with Crippen LogP contribution in [0.4, 0.5) is 4.39 Å². The number of carbonyl (C=O) groups excluding carboxylic acids is 1. The van der Waals surface area contributed by atoms with E-state index in [1.165, 1.54) is 10.5 Å². The number of hydrogen-bond acceptors (Lipinski definition) is 2. The van der Waals surface area contributed by atoms with Gasteiger partial charge < -0.3 is 9.14 Å². The highest BCUT2D eigenvalue weighted by molar-refractivity contribution is 9.10. The summed E-state index contributed by atoms with van der Waals surface area (Å²) in [5.74, 6) is -1.23. The fourth-order valence-corrected chi connectivity index (χ4v) is 1.98. The fourth-order valence-electron chi connectivity index (χ4n) is 1.53. The number of rotatable bonds is 2. The van der Waals surface area contributed by atoms with Crippen molar-refractivity contribution in [2.75, 3.05) is 6.61 Å². The standard InChI is InChI=1S/C11H9BrFNO2/c1-2-16-11(15)10-8(13)6-9-7(12)4-3-5-14(9)10/h3-6H,2H2,1H3. The predicted octanol–water partition coefficient (Wildman–Crippen LogP) is 3.02. The average Bonchev–Trinajstić information content (AvgIpc) is 2.56. The van der Waals surface area contributed by atoms with Crippen molar-refractivity contribution in [2.24, 2.45) is 0 Å². The van der Waals surface area contributed by atoms with Gasteiger partial charge in [-0.3, -0.25) is 0 Å². The van der Waals surface area contributed by atoms with Crippen LogP contribution >= 0.6 is 15.9 Å². The fraction of sp³-hybridized carbons (Fsp3) is 0.182. The molecular weight excluding hydrogens is 277 g/mol. The minimum atomic E-state index is -0.655. The first-order valence-corrected chi connectivity index (χ1v) is 5.56. The summed E-state index contributed by atoms with van der Waals surface area (Å²) in [5, 5.41) is 0. The van der Waals surface area contributed by atoms with E-state index in [9.17, 15) is 9.18 Å². The second-order valence-corrected chi connectivity index (χ2v) is 4.03. The summed E-state index contributed by atoms with van der Waals surface area (Å²) in [6.45, 7) is 1.90. The van der Waals surface area contributed by atoms with Gasteiger partial charge in [0.15, 0.2) is 11.5 Å². The van der Waals surface area contributed by atoms with E-state index in [-0.39, 0.29) is 12.3 Å². The Bertz CT molecular complexity index is 550. The van der Waals surface area contributed by atoms with Crippen LogP contribution in [-0.4, -0.2) is 17.0 Å². The molecule has 5 heteroatoms. The van der Waals surface area contributed by atoms with Crippen LogP contribution in [0.5, 0.6) is 0 Å². The zero-order valence-electron chi connectivity index (χ0n) is 8.54. The monoisotopic (exact) mass is 285 g/mol. The van der Waals surface area contributed by atoms with Crippen molar-refractivity contribution < 1.29 is 13.9 Å². The normalized spacial score (nSPS) is 10.7. The molecule has 0 bridgehead atoms. The predicted molar refractivity (Wildman–Crippen MR) is 61.0 cm³/mol. The molecule has 84 valence electrons. The third-order valence-electron chi connectivity index (χ3n) is 2.18. The Kier molecular flexibility index (Phi) is 2.96. The number of esters is 1. The van der Waals surface area contributed by atoms with E-state index in [0.717, 1.165) is 4.47 Å². The minimum absolute atomic E-state index is 0.0712. The molecule has 0 N–H and O–H groups in total. The summed E-state index contributed by atoms with van der Waals surface area (Å²) >= 11 is 3.29. The van der Waals surface area contributed by atoms with E-state index < -0.39 is 11.8 Å². The lowest BCUT2D eigenvalue weighted by atomic mass is 10.4. The molecule has 0 saturated heterocycles. The average molecular weight is 286 g/mol. The Balaban J connectivity index is 2.65. The molecule has 0 spiro atoms. The molecule has 0 radical (unpaired) electrons. The van der Waals surface area contributed by atoms with Gasteiger partial charge in [0.05, 0.1) is 12.1 Å². The quantitative estimate of drug-likeness (QED) is 0.794. The maximum atomic E-state index is 13.6. The van der Waals surface area contributed by atoms with Crippen molar-refractivity contribution in [3.05, 3.63) is 40.4 Å². The van der Waals surface area contributed by atoms with Gasteiger partial charge in [0, 0.05) is 16.7 Å². The molecule has 2 aromatic heterocycles. The Morgan fingerprint density at radius 2 is 2.38 bits per heavy atom. The Labute approximate surface area is 100.0 Å². The SMILES string of the molecule is CCOC(=O)c1c(F)cc2c(Br)cccn12. The number of carbonyl (C=O) groups is 1.